The summed E-state index contributed by atoms with van der Waals surface area (Å²) in [5.41, 5.74) is 1.88. The van der Waals surface area contributed by atoms with Gasteiger partial charge in [0.1, 0.15) is 0 Å². The molecule has 0 aliphatic carbocycles. The van der Waals surface area contributed by atoms with Crippen LogP contribution in [0.3, 0.4) is 0 Å². The number of fused-ring (bicyclic) bond motifs is 1. The maximum absolute atomic E-state index is 11.8. The van der Waals surface area contributed by atoms with Crippen molar-refractivity contribution in [1.82, 2.24) is 9.46 Å². The van der Waals surface area contributed by atoms with Gasteiger partial charge < -0.3 is 4.48 Å². The van der Waals surface area contributed by atoms with Gasteiger partial charge in [0.05, 0.1) is 16.7 Å². The Hall–Kier alpha value is -1.58. The Bertz CT molecular complexity index is 560. The van der Waals surface area contributed by atoms with E-state index in [2.05, 4.69) is 4.98 Å². The molecule has 0 amide bonds. The van der Waals surface area contributed by atoms with Crippen LogP contribution in [0.5, 0.6) is 0 Å². The minimum Gasteiger partial charge on any atom is -0.350 e. The number of rotatable bonds is 0. The van der Waals surface area contributed by atoms with Gasteiger partial charge in [-0.15, -0.1) is 0 Å². The van der Waals surface area contributed by atoms with Crippen LogP contribution in [0.1, 0.15) is 11.4 Å². The molecule has 0 unspecified atom stereocenters. The van der Waals surface area contributed by atoms with Gasteiger partial charge in [-0.2, -0.15) is 0 Å². The van der Waals surface area contributed by atoms with E-state index in [1.807, 2.05) is 32.0 Å². The highest BCUT2D eigenvalue weighted by Gasteiger charge is 2.05. The number of aromatic nitrogens is 2. The molecule has 0 spiro atoms. The molecule has 1 aromatic carbocycles. The minimum atomic E-state index is 0.0243. The fourth-order valence-corrected chi connectivity index (χ4v) is 1.54. The van der Waals surface area contributed by atoms with Gasteiger partial charge >= 0.3 is 0 Å². The first-order chi connectivity index (χ1) is 6.61. The van der Waals surface area contributed by atoms with Crippen molar-refractivity contribution in [3.8, 4) is 0 Å². The van der Waals surface area contributed by atoms with Crippen molar-refractivity contribution in [2.75, 3.05) is 0 Å². The summed E-state index contributed by atoms with van der Waals surface area (Å²) in [5, 5.41) is 0.693. The summed E-state index contributed by atoms with van der Waals surface area (Å²) in [6, 6.07) is 5.67. The van der Waals surface area contributed by atoms with Crippen LogP contribution in [-0.4, -0.2) is 17.4 Å². The molecule has 1 aromatic heterocycles. The van der Waals surface area contributed by atoms with E-state index in [0.29, 0.717) is 5.39 Å². The molecule has 2 rings (SSSR count). The number of para-hydroxylation sites is 1. The third-order valence-electron chi connectivity index (χ3n) is 2.53. The van der Waals surface area contributed by atoms with E-state index < -0.39 is 0 Å². The predicted molar refractivity (Wildman–Crippen MR) is 59.4 cm³/mol. The number of nitrogens with zero attached hydrogens (tertiary/aromatic N) is 2. The highest BCUT2D eigenvalue weighted by molar-refractivity contribution is 6.07. The van der Waals surface area contributed by atoms with Crippen molar-refractivity contribution >= 4 is 18.9 Å². The Morgan fingerprint density at radius 1 is 1.36 bits per heavy atom. The van der Waals surface area contributed by atoms with Gasteiger partial charge in [-0.3, -0.25) is 4.79 Å². The second-order valence-corrected chi connectivity index (χ2v) is 3.49. The van der Waals surface area contributed by atoms with Crippen LogP contribution in [0.2, 0.25) is 0 Å². The smallest absolute Gasteiger partial charge is 0.248 e. The number of aryl methyl sites for hydroxylation is 2. The molecule has 0 fully saturated rings. The van der Waals surface area contributed by atoms with Crippen molar-refractivity contribution < 1.29 is 0 Å². The topological polar surface area (TPSA) is 34.9 Å². The lowest BCUT2D eigenvalue weighted by atomic mass is 10.1. The Labute approximate surface area is 82.8 Å². The lowest BCUT2D eigenvalue weighted by Crippen LogP contribution is -2.22. The van der Waals surface area contributed by atoms with E-state index >= 15 is 0 Å². The van der Waals surface area contributed by atoms with E-state index in [4.69, 9.17) is 0 Å². The van der Waals surface area contributed by atoms with Gasteiger partial charge in [-0.1, -0.05) is 12.1 Å². The van der Waals surface area contributed by atoms with Gasteiger partial charge in [-0.05, 0) is 25.5 Å². The van der Waals surface area contributed by atoms with Gasteiger partial charge in [0.2, 0.25) is 13.5 Å². The highest BCUT2D eigenvalue weighted by Crippen LogP contribution is 2.11. The molecule has 0 radical (unpaired) electrons. The van der Waals surface area contributed by atoms with Crippen LogP contribution in [0.25, 0.3) is 10.9 Å². The molecule has 14 heavy (non-hydrogen) atoms. The van der Waals surface area contributed by atoms with Crippen LogP contribution in [0.15, 0.2) is 23.0 Å². The quantitative estimate of drug-likeness (QED) is 0.558. The molecule has 0 bridgehead atoms. The van der Waals surface area contributed by atoms with E-state index in [9.17, 15) is 4.79 Å². The number of hydrogen-bond acceptors (Lipinski definition) is 2. The zero-order valence-corrected chi connectivity index (χ0v) is 8.53. The molecule has 4 heteroatoms. The third-order valence-corrected chi connectivity index (χ3v) is 2.53. The Kier molecular flexibility index (Phi) is 1.91. The average molecular weight is 186 g/mol. The van der Waals surface area contributed by atoms with Gasteiger partial charge in [0, 0.05) is 0 Å². The summed E-state index contributed by atoms with van der Waals surface area (Å²) >= 11 is 0. The summed E-state index contributed by atoms with van der Waals surface area (Å²) in [6.07, 6.45) is 0. The minimum absolute atomic E-state index is 0.0243. The maximum atomic E-state index is 11.8. The largest absolute Gasteiger partial charge is 0.350 e. The fourth-order valence-electron chi connectivity index (χ4n) is 1.54. The van der Waals surface area contributed by atoms with Gasteiger partial charge in [-0.25, -0.2) is 4.98 Å². The van der Waals surface area contributed by atoms with Crippen molar-refractivity contribution in [2.45, 2.75) is 13.8 Å². The standard InChI is InChI=1S/C10H11BN2O/c1-6-4-3-5-8-9(6)12-7(2)13(11)10(8)14/h3-5H,11H2,1-2H3. The molecule has 0 saturated heterocycles. The Morgan fingerprint density at radius 3 is 2.79 bits per heavy atom. The number of hydrogen-bond donors (Lipinski definition) is 0. The van der Waals surface area contributed by atoms with Crippen LogP contribution in [0, 0.1) is 13.8 Å². The number of benzene rings is 1. The summed E-state index contributed by atoms with van der Waals surface area (Å²) in [5.74, 6) is 0.747. The molecule has 70 valence electrons. The maximum Gasteiger partial charge on any atom is 0.248 e. The monoisotopic (exact) mass is 186 g/mol. The molecule has 0 saturated carbocycles. The van der Waals surface area contributed by atoms with Crippen LogP contribution < -0.4 is 5.56 Å². The zero-order chi connectivity index (χ0) is 10.3. The third kappa shape index (κ3) is 1.15. The van der Waals surface area contributed by atoms with Crippen LogP contribution in [0.4, 0.5) is 0 Å². The van der Waals surface area contributed by atoms with Crippen molar-refractivity contribution in [1.29, 1.82) is 0 Å². The van der Waals surface area contributed by atoms with Gasteiger partial charge in [0.15, 0.2) is 0 Å². The molecule has 1 heterocycles. The molecule has 3 nitrogen and oxygen atoms in total. The molecule has 2 aromatic rings. The Morgan fingerprint density at radius 2 is 2.07 bits per heavy atom. The highest BCUT2D eigenvalue weighted by atomic mass is 16.1. The molecule has 0 aliphatic rings. The first-order valence-corrected chi connectivity index (χ1v) is 4.54. The average Bonchev–Trinajstić information content (AvgIpc) is 2.17. The first kappa shape index (κ1) is 9.00. The molecule has 0 aliphatic heterocycles. The van der Waals surface area contributed by atoms with Crippen LogP contribution >= 0.6 is 0 Å². The summed E-state index contributed by atoms with van der Waals surface area (Å²) in [4.78, 5) is 16.2. The summed E-state index contributed by atoms with van der Waals surface area (Å²) in [6.45, 7) is 3.81. The lowest BCUT2D eigenvalue weighted by molar-refractivity contribution is 0.984. The van der Waals surface area contributed by atoms with Crippen molar-refractivity contribution in [3.63, 3.8) is 0 Å². The SMILES string of the molecule is Bn1c(C)nc2c(C)cccc2c1=O. The van der Waals surface area contributed by atoms with E-state index in [1.165, 1.54) is 0 Å². The van der Waals surface area contributed by atoms with Gasteiger partial charge in [0.25, 0.3) is 0 Å². The van der Waals surface area contributed by atoms with Crippen molar-refractivity contribution in [3.05, 3.63) is 39.9 Å². The molecule has 0 N–H and O–H groups in total. The van der Waals surface area contributed by atoms with E-state index in [0.717, 1.165) is 16.9 Å². The fraction of sp³-hybridized carbons (Fsp3) is 0.200. The zero-order valence-electron chi connectivity index (χ0n) is 8.53. The Balaban J connectivity index is 3.06. The second-order valence-electron chi connectivity index (χ2n) is 3.49. The molecule has 0 atom stereocenters. The summed E-state index contributed by atoms with van der Waals surface area (Å²) < 4.78 is 1.57. The van der Waals surface area contributed by atoms with Crippen LogP contribution in [-0.2, 0) is 0 Å². The van der Waals surface area contributed by atoms with E-state index in [1.54, 1.807) is 12.5 Å². The normalized spacial score (nSPS) is 10.7. The predicted octanol–water partition coefficient (Wildman–Crippen LogP) is 0.410. The molecular formula is C10H11BN2O. The van der Waals surface area contributed by atoms with Crippen molar-refractivity contribution in [2.24, 2.45) is 0 Å². The van der Waals surface area contributed by atoms with E-state index in [-0.39, 0.29) is 5.56 Å². The first-order valence-electron chi connectivity index (χ1n) is 4.54. The summed E-state index contributed by atoms with van der Waals surface area (Å²) in [7, 11) is 1.74. The molecular weight excluding hydrogens is 175 g/mol. The second kappa shape index (κ2) is 2.98. The lowest BCUT2D eigenvalue weighted by Gasteiger charge is -2.06.